The van der Waals surface area contributed by atoms with Gasteiger partial charge in [-0.2, -0.15) is 0 Å². The second-order valence-corrected chi connectivity index (χ2v) is 7.86. The van der Waals surface area contributed by atoms with Crippen molar-refractivity contribution in [2.24, 2.45) is 0 Å². The largest absolute Gasteiger partial charge is 0.493 e. The van der Waals surface area contributed by atoms with Crippen LogP contribution in [0, 0.1) is 0 Å². The molecular weight excluding hydrogens is 380 g/mol. The van der Waals surface area contributed by atoms with Crippen LogP contribution in [0.2, 0.25) is 0 Å². The third kappa shape index (κ3) is 5.07. The lowest BCUT2D eigenvalue weighted by Gasteiger charge is -2.29. The maximum absolute atomic E-state index is 12.2. The molecule has 2 amide bonds. The van der Waals surface area contributed by atoms with Crippen LogP contribution in [0.1, 0.15) is 42.4 Å². The van der Waals surface area contributed by atoms with Crippen LogP contribution in [0.25, 0.3) is 0 Å². The summed E-state index contributed by atoms with van der Waals surface area (Å²) in [5.41, 5.74) is 3.54. The van der Waals surface area contributed by atoms with Crippen molar-refractivity contribution in [2.45, 2.75) is 51.4 Å². The Labute approximate surface area is 177 Å². The van der Waals surface area contributed by atoms with E-state index >= 15 is 0 Å². The van der Waals surface area contributed by atoms with Crippen molar-refractivity contribution in [3.63, 3.8) is 0 Å². The summed E-state index contributed by atoms with van der Waals surface area (Å²) >= 11 is 0. The van der Waals surface area contributed by atoms with Gasteiger partial charge in [0, 0.05) is 31.7 Å². The van der Waals surface area contributed by atoms with Crippen LogP contribution in [-0.4, -0.2) is 36.0 Å². The third-order valence-electron chi connectivity index (χ3n) is 5.67. The fourth-order valence-corrected chi connectivity index (χ4v) is 4.06. The molecule has 0 bridgehead atoms. The molecule has 6 nitrogen and oxygen atoms in total. The summed E-state index contributed by atoms with van der Waals surface area (Å²) in [6.45, 7) is 3.40. The summed E-state index contributed by atoms with van der Waals surface area (Å²) in [5.74, 6) is 0.536. The van der Waals surface area contributed by atoms with Gasteiger partial charge in [0.25, 0.3) is 0 Å². The molecule has 158 valence electrons. The average Bonchev–Trinajstić information content (AvgIpc) is 3.18. The molecule has 2 aromatic rings. The zero-order valence-electron chi connectivity index (χ0n) is 17.1. The highest BCUT2D eigenvalue weighted by atomic mass is 16.5. The van der Waals surface area contributed by atoms with Gasteiger partial charge in [-0.15, -0.1) is 0 Å². The molecule has 0 spiro atoms. The van der Waals surface area contributed by atoms with Gasteiger partial charge in [0.15, 0.2) is 0 Å². The van der Waals surface area contributed by atoms with Crippen LogP contribution in [0.5, 0.6) is 5.75 Å². The number of amides is 2. The average molecular weight is 408 g/mol. The molecule has 30 heavy (non-hydrogen) atoms. The van der Waals surface area contributed by atoms with Crippen molar-refractivity contribution >= 4 is 11.8 Å². The number of fused-ring (bicyclic) bond motifs is 1. The highest BCUT2D eigenvalue weighted by molar-refractivity contribution is 6.00. The van der Waals surface area contributed by atoms with Crippen molar-refractivity contribution in [3.05, 3.63) is 65.2 Å². The van der Waals surface area contributed by atoms with E-state index in [0.29, 0.717) is 45.8 Å². The van der Waals surface area contributed by atoms with Crippen LogP contribution in [0.4, 0.5) is 0 Å². The maximum atomic E-state index is 12.2. The van der Waals surface area contributed by atoms with Gasteiger partial charge < -0.3 is 9.47 Å². The van der Waals surface area contributed by atoms with Crippen molar-refractivity contribution in [1.29, 1.82) is 0 Å². The minimum atomic E-state index is -0.246. The summed E-state index contributed by atoms with van der Waals surface area (Å²) < 4.78 is 11.8. The van der Waals surface area contributed by atoms with Gasteiger partial charge in [-0.3, -0.25) is 19.8 Å². The Morgan fingerprint density at radius 1 is 0.967 bits per heavy atom. The molecule has 2 aliphatic rings. The van der Waals surface area contributed by atoms with Gasteiger partial charge in [-0.05, 0) is 36.5 Å². The minimum Gasteiger partial charge on any atom is -0.493 e. The molecule has 2 heterocycles. The highest BCUT2D eigenvalue weighted by Gasteiger charge is 2.35. The fraction of sp³-hybridized carbons (Fsp3) is 0.417. The number of nitrogens with zero attached hydrogens (tertiary/aromatic N) is 1. The molecule has 4 rings (SSSR count). The van der Waals surface area contributed by atoms with E-state index in [0.717, 1.165) is 24.2 Å². The van der Waals surface area contributed by atoms with Crippen LogP contribution < -0.4 is 10.1 Å². The first-order valence-electron chi connectivity index (χ1n) is 10.6. The van der Waals surface area contributed by atoms with Crippen LogP contribution in [-0.2, 0) is 34.0 Å². The predicted molar refractivity (Wildman–Crippen MR) is 113 cm³/mol. The molecule has 1 saturated heterocycles. The fourth-order valence-electron chi connectivity index (χ4n) is 4.06. The van der Waals surface area contributed by atoms with Crippen molar-refractivity contribution in [3.8, 4) is 5.75 Å². The third-order valence-corrected chi connectivity index (χ3v) is 5.67. The lowest BCUT2D eigenvalue weighted by Crippen LogP contribution is -2.50. The number of carbonyl (C=O) groups is 2. The van der Waals surface area contributed by atoms with Crippen molar-refractivity contribution in [2.75, 3.05) is 13.2 Å². The van der Waals surface area contributed by atoms with Gasteiger partial charge >= 0.3 is 0 Å². The van der Waals surface area contributed by atoms with Gasteiger partial charge in [0.1, 0.15) is 5.75 Å². The lowest BCUT2D eigenvalue weighted by atomic mass is 10.0. The Bertz CT molecular complexity index is 884. The highest BCUT2D eigenvalue weighted by Crippen LogP contribution is 2.33. The molecule has 2 aromatic carbocycles. The molecule has 0 radical (unpaired) electrons. The Morgan fingerprint density at radius 3 is 2.63 bits per heavy atom. The van der Waals surface area contributed by atoms with E-state index in [1.807, 2.05) is 30.3 Å². The Morgan fingerprint density at radius 2 is 1.80 bits per heavy atom. The SMILES string of the molecule is O=C1CC[C@H](N2Cc3cccc(OCCCCOCc4ccccc4)c3C2)C(=O)N1. The number of nitrogens with one attached hydrogen (secondary N) is 1. The Hall–Kier alpha value is -2.70. The zero-order valence-corrected chi connectivity index (χ0v) is 17.1. The first kappa shape index (κ1) is 20.6. The zero-order chi connectivity index (χ0) is 20.8. The lowest BCUT2D eigenvalue weighted by molar-refractivity contribution is -0.137. The van der Waals surface area contributed by atoms with Crippen LogP contribution in [0.3, 0.4) is 0 Å². The van der Waals surface area contributed by atoms with Crippen molar-refractivity contribution in [1.82, 2.24) is 10.2 Å². The quantitative estimate of drug-likeness (QED) is 0.510. The molecule has 0 saturated carbocycles. The molecule has 2 aliphatic heterocycles. The molecule has 6 heteroatoms. The molecule has 0 aliphatic carbocycles. The molecular formula is C24H28N2O4. The van der Waals surface area contributed by atoms with Crippen LogP contribution >= 0.6 is 0 Å². The molecule has 1 atom stereocenters. The van der Waals surface area contributed by atoms with E-state index in [9.17, 15) is 9.59 Å². The summed E-state index contributed by atoms with van der Waals surface area (Å²) in [6, 6.07) is 16.0. The number of unbranched alkanes of at least 4 members (excludes halogenated alkanes) is 1. The normalized spacial score (nSPS) is 18.9. The standard InChI is InChI=1S/C24H28N2O4/c27-23-12-11-21(24(28)25-23)26-15-19-9-6-10-22(20(19)16-26)30-14-5-4-13-29-17-18-7-2-1-3-8-18/h1-3,6-10,21H,4-5,11-17H2,(H,25,27,28)/t21-/m0/s1. The first-order chi connectivity index (χ1) is 14.7. The number of ether oxygens (including phenoxy) is 2. The Kier molecular flexibility index (Phi) is 6.77. The van der Waals surface area contributed by atoms with E-state index in [4.69, 9.17) is 9.47 Å². The number of rotatable bonds is 9. The summed E-state index contributed by atoms with van der Waals surface area (Å²) in [6.07, 6.45) is 2.86. The number of carbonyl (C=O) groups excluding carboxylic acids is 2. The maximum Gasteiger partial charge on any atom is 0.243 e. The molecule has 1 N–H and O–H groups in total. The smallest absolute Gasteiger partial charge is 0.243 e. The summed E-state index contributed by atoms with van der Waals surface area (Å²) in [7, 11) is 0. The second kappa shape index (κ2) is 9.87. The van der Waals surface area contributed by atoms with Crippen LogP contribution in [0.15, 0.2) is 48.5 Å². The van der Waals surface area contributed by atoms with E-state index in [2.05, 4.69) is 28.4 Å². The minimum absolute atomic E-state index is 0.176. The van der Waals surface area contributed by atoms with Gasteiger partial charge in [0.2, 0.25) is 11.8 Å². The van der Waals surface area contributed by atoms with E-state index in [1.54, 1.807) is 0 Å². The van der Waals surface area contributed by atoms with E-state index < -0.39 is 0 Å². The van der Waals surface area contributed by atoms with Gasteiger partial charge in [-0.1, -0.05) is 42.5 Å². The van der Waals surface area contributed by atoms with E-state index in [-0.39, 0.29) is 17.9 Å². The summed E-state index contributed by atoms with van der Waals surface area (Å²) in [4.78, 5) is 25.7. The van der Waals surface area contributed by atoms with E-state index in [1.165, 1.54) is 11.1 Å². The predicted octanol–water partition coefficient (Wildman–Crippen LogP) is 3.18. The Balaban J connectivity index is 1.21. The van der Waals surface area contributed by atoms with Gasteiger partial charge in [0.05, 0.1) is 19.3 Å². The molecule has 0 unspecified atom stereocenters. The summed E-state index contributed by atoms with van der Waals surface area (Å²) in [5, 5.41) is 2.45. The number of imide groups is 1. The monoisotopic (exact) mass is 408 g/mol. The second-order valence-electron chi connectivity index (χ2n) is 7.86. The number of hydrogen-bond donors (Lipinski definition) is 1. The van der Waals surface area contributed by atoms with Gasteiger partial charge in [-0.25, -0.2) is 0 Å². The molecule has 1 fully saturated rings. The first-order valence-corrected chi connectivity index (χ1v) is 10.6. The van der Waals surface area contributed by atoms with Crippen molar-refractivity contribution < 1.29 is 19.1 Å². The topological polar surface area (TPSA) is 67.9 Å². The molecule has 0 aromatic heterocycles. The number of hydrogen-bond acceptors (Lipinski definition) is 5. The number of piperidine rings is 1. The number of benzene rings is 2.